The molecule has 126 valence electrons. The van der Waals surface area contributed by atoms with Gasteiger partial charge >= 0.3 is 5.97 Å². The van der Waals surface area contributed by atoms with Gasteiger partial charge in [0.05, 0.1) is 19.4 Å². The first-order valence-corrected chi connectivity index (χ1v) is 8.29. The lowest BCUT2D eigenvalue weighted by Gasteiger charge is -2.29. The lowest BCUT2D eigenvalue weighted by atomic mass is 10.1. The number of esters is 1. The lowest BCUT2D eigenvalue weighted by Crippen LogP contribution is -2.41. The fourth-order valence-electron chi connectivity index (χ4n) is 3.05. The molecule has 1 aromatic carbocycles. The quantitative estimate of drug-likeness (QED) is 0.725. The van der Waals surface area contributed by atoms with Crippen LogP contribution in [0.2, 0.25) is 0 Å². The van der Waals surface area contributed by atoms with Crippen LogP contribution in [0.1, 0.15) is 44.6 Å². The number of ether oxygens (including phenoxy) is 1. The maximum Gasteiger partial charge on any atom is 0.307 e. The van der Waals surface area contributed by atoms with Crippen molar-refractivity contribution in [3.63, 3.8) is 0 Å². The Bertz CT molecular complexity index is 524. The predicted octanol–water partition coefficient (Wildman–Crippen LogP) is 3.09. The molecule has 0 unspecified atom stereocenters. The first kappa shape index (κ1) is 17.4. The molecule has 0 bridgehead atoms. The first-order valence-electron chi connectivity index (χ1n) is 8.29. The largest absolute Gasteiger partial charge is 0.466 e. The van der Waals surface area contributed by atoms with Crippen LogP contribution in [-0.4, -0.2) is 36.0 Å². The standard InChI is InChI=1S/C18H24FNO3/c1-2-23-18(22)11-12-20(16-5-3-4-6-16)17(21)13-14-7-9-15(19)10-8-14/h7-10,16H,2-6,11-13H2,1H3. The molecule has 23 heavy (non-hydrogen) atoms. The molecule has 0 heterocycles. The first-order chi connectivity index (χ1) is 11.1. The topological polar surface area (TPSA) is 46.6 Å². The van der Waals surface area contributed by atoms with Gasteiger partial charge in [0.2, 0.25) is 5.91 Å². The van der Waals surface area contributed by atoms with E-state index in [0.717, 1.165) is 31.2 Å². The highest BCUT2D eigenvalue weighted by molar-refractivity contribution is 5.80. The molecule has 0 atom stereocenters. The molecule has 1 aliphatic carbocycles. The normalized spacial score (nSPS) is 14.7. The maximum absolute atomic E-state index is 13.0. The van der Waals surface area contributed by atoms with Crippen molar-refractivity contribution in [2.45, 2.75) is 51.5 Å². The highest BCUT2D eigenvalue weighted by Gasteiger charge is 2.27. The summed E-state index contributed by atoms with van der Waals surface area (Å²) in [5.41, 5.74) is 0.788. The van der Waals surface area contributed by atoms with Crippen molar-refractivity contribution in [3.8, 4) is 0 Å². The number of hydrogen-bond donors (Lipinski definition) is 0. The lowest BCUT2D eigenvalue weighted by molar-refractivity contribution is -0.144. The molecule has 0 radical (unpaired) electrons. The highest BCUT2D eigenvalue weighted by Crippen LogP contribution is 2.24. The second kappa shape index (κ2) is 8.65. The van der Waals surface area contributed by atoms with Gasteiger partial charge < -0.3 is 9.64 Å². The highest BCUT2D eigenvalue weighted by atomic mass is 19.1. The molecule has 0 aromatic heterocycles. The molecule has 0 saturated heterocycles. The molecule has 5 heteroatoms. The van der Waals surface area contributed by atoms with Gasteiger partial charge in [0.1, 0.15) is 5.82 Å². The third-order valence-corrected chi connectivity index (χ3v) is 4.22. The van der Waals surface area contributed by atoms with Gasteiger partial charge in [-0.05, 0) is 37.5 Å². The molecule has 1 fully saturated rings. The van der Waals surface area contributed by atoms with Crippen LogP contribution in [0, 0.1) is 5.82 Å². The minimum absolute atomic E-state index is 0.00666. The minimum Gasteiger partial charge on any atom is -0.466 e. The van der Waals surface area contributed by atoms with Gasteiger partial charge in [0, 0.05) is 12.6 Å². The molecule has 2 rings (SSSR count). The number of halogens is 1. The summed E-state index contributed by atoms with van der Waals surface area (Å²) in [5, 5.41) is 0. The van der Waals surface area contributed by atoms with Crippen LogP contribution in [0.3, 0.4) is 0 Å². The SMILES string of the molecule is CCOC(=O)CCN(C(=O)Cc1ccc(F)cc1)C1CCCC1. The summed E-state index contributed by atoms with van der Waals surface area (Å²) in [6, 6.07) is 6.19. The molecule has 1 aliphatic rings. The van der Waals surface area contributed by atoms with Crippen LogP contribution in [0.25, 0.3) is 0 Å². The zero-order chi connectivity index (χ0) is 16.7. The molecule has 1 aromatic rings. The Morgan fingerprint density at radius 2 is 1.87 bits per heavy atom. The third-order valence-electron chi connectivity index (χ3n) is 4.22. The molecule has 0 spiro atoms. The Hall–Kier alpha value is -1.91. The van der Waals surface area contributed by atoms with Crippen molar-refractivity contribution in [2.75, 3.05) is 13.2 Å². The zero-order valence-corrected chi connectivity index (χ0v) is 13.6. The molecule has 0 aliphatic heterocycles. The number of rotatable bonds is 7. The second-order valence-corrected chi connectivity index (χ2v) is 5.88. The Morgan fingerprint density at radius 3 is 2.48 bits per heavy atom. The predicted molar refractivity (Wildman–Crippen MR) is 85.3 cm³/mol. The van der Waals surface area contributed by atoms with Gasteiger partial charge in [0.25, 0.3) is 0 Å². The smallest absolute Gasteiger partial charge is 0.307 e. The Kier molecular flexibility index (Phi) is 6.56. The van der Waals surface area contributed by atoms with Crippen molar-refractivity contribution >= 4 is 11.9 Å². The van der Waals surface area contributed by atoms with E-state index < -0.39 is 0 Å². The van der Waals surface area contributed by atoms with E-state index in [4.69, 9.17) is 4.74 Å². The van der Waals surface area contributed by atoms with Crippen LogP contribution in [0.15, 0.2) is 24.3 Å². The average molecular weight is 321 g/mol. The van der Waals surface area contributed by atoms with E-state index in [1.54, 1.807) is 19.1 Å². The molecular formula is C18H24FNO3. The minimum atomic E-state index is -0.309. The summed E-state index contributed by atoms with van der Waals surface area (Å²) in [7, 11) is 0. The number of carbonyl (C=O) groups excluding carboxylic acids is 2. The van der Waals surface area contributed by atoms with Crippen LogP contribution in [0.4, 0.5) is 4.39 Å². The third kappa shape index (κ3) is 5.34. The summed E-state index contributed by atoms with van der Waals surface area (Å²) in [6.45, 7) is 2.52. The van der Waals surface area contributed by atoms with Gasteiger partial charge in [-0.2, -0.15) is 0 Å². The van der Waals surface area contributed by atoms with Crippen LogP contribution in [-0.2, 0) is 20.7 Å². The number of amides is 1. The molecule has 0 N–H and O–H groups in total. The van der Waals surface area contributed by atoms with Gasteiger partial charge in [0.15, 0.2) is 0 Å². The van der Waals surface area contributed by atoms with E-state index in [9.17, 15) is 14.0 Å². The zero-order valence-electron chi connectivity index (χ0n) is 13.6. The van der Waals surface area contributed by atoms with Crippen molar-refractivity contribution in [1.82, 2.24) is 4.90 Å². The summed E-state index contributed by atoms with van der Waals surface area (Å²) < 4.78 is 17.9. The van der Waals surface area contributed by atoms with E-state index >= 15 is 0 Å². The van der Waals surface area contributed by atoms with E-state index in [-0.39, 0.29) is 36.6 Å². The van der Waals surface area contributed by atoms with Gasteiger partial charge in [-0.25, -0.2) is 4.39 Å². The van der Waals surface area contributed by atoms with E-state index in [1.807, 2.05) is 4.90 Å². The second-order valence-electron chi connectivity index (χ2n) is 5.88. The number of benzene rings is 1. The van der Waals surface area contributed by atoms with E-state index in [0.29, 0.717) is 13.2 Å². The Labute approximate surface area is 136 Å². The number of carbonyl (C=O) groups is 2. The monoisotopic (exact) mass is 321 g/mol. The van der Waals surface area contributed by atoms with Gasteiger partial charge in [-0.1, -0.05) is 25.0 Å². The maximum atomic E-state index is 13.0. The molecule has 1 saturated carbocycles. The Balaban J connectivity index is 1.98. The van der Waals surface area contributed by atoms with Crippen molar-refractivity contribution < 1.29 is 18.7 Å². The van der Waals surface area contributed by atoms with E-state index in [2.05, 4.69) is 0 Å². The number of nitrogens with zero attached hydrogens (tertiary/aromatic N) is 1. The molecule has 4 nitrogen and oxygen atoms in total. The summed E-state index contributed by atoms with van der Waals surface area (Å²) in [5.74, 6) is -0.589. The van der Waals surface area contributed by atoms with Gasteiger partial charge in [-0.15, -0.1) is 0 Å². The molecular weight excluding hydrogens is 297 g/mol. The summed E-state index contributed by atoms with van der Waals surface area (Å²) in [6.07, 6.45) is 4.66. The van der Waals surface area contributed by atoms with E-state index in [1.165, 1.54) is 12.1 Å². The van der Waals surface area contributed by atoms with Crippen LogP contribution >= 0.6 is 0 Å². The molecule has 1 amide bonds. The van der Waals surface area contributed by atoms with Crippen LogP contribution in [0.5, 0.6) is 0 Å². The summed E-state index contributed by atoms with van der Waals surface area (Å²) >= 11 is 0. The fraction of sp³-hybridized carbons (Fsp3) is 0.556. The average Bonchev–Trinajstić information content (AvgIpc) is 3.04. The van der Waals surface area contributed by atoms with Crippen LogP contribution < -0.4 is 0 Å². The van der Waals surface area contributed by atoms with Crippen molar-refractivity contribution in [1.29, 1.82) is 0 Å². The van der Waals surface area contributed by atoms with Gasteiger partial charge in [-0.3, -0.25) is 9.59 Å². The van der Waals surface area contributed by atoms with Crippen molar-refractivity contribution in [2.24, 2.45) is 0 Å². The Morgan fingerprint density at radius 1 is 1.22 bits per heavy atom. The van der Waals surface area contributed by atoms with Crippen molar-refractivity contribution in [3.05, 3.63) is 35.6 Å². The summed E-state index contributed by atoms with van der Waals surface area (Å²) in [4.78, 5) is 26.0. The fourth-order valence-corrected chi connectivity index (χ4v) is 3.05. The number of hydrogen-bond acceptors (Lipinski definition) is 3.